The minimum atomic E-state index is -0.192. The van der Waals surface area contributed by atoms with E-state index in [1.165, 1.54) is 0 Å². The predicted octanol–water partition coefficient (Wildman–Crippen LogP) is 14.8. The van der Waals surface area contributed by atoms with E-state index in [-0.39, 0.29) is 47.8 Å². The maximum absolute atomic E-state index is 13.7. The van der Waals surface area contributed by atoms with E-state index in [2.05, 4.69) is 0 Å². The molecule has 8 aliphatic heterocycles. The molecule has 0 saturated heterocycles. The summed E-state index contributed by atoms with van der Waals surface area (Å²) in [7, 11) is 6.39. The first-order valence-corrected chi connectivity index (χ1v) is 35.1. The molecule has 0 radical (unpaired) electrons. The second-order valence-electron chi connectivity index (χ2n) is 26.8. The number of carbonyl (C=O) groups excluding carboxylic acids is 4. The average molecular weight is 1420 g/mol. The number of ether oxygens (including phenoxy) is 8. The van der Waals surface area contributed by atoms with Crippen molar-refractivity contribution in [2.24, 2.45) is 20.0 Å². The fourth-order valence-electron chi connectivity index (χ4n) is 14.2. The van der Waals surface area contributed by atoms with Gasteiger partial charge in [-0.1, -0.05) is 48.5 Å². The van der Waals surface area contributed by atoms with Crippen molar-refractivity contribution >= 4 is 105 Å². The summed E-state index contributed by atoms with van der Waals surface area (Å²) in [5, 5.41) is 0. The van der Waals surface area contributed by atoms with Crippen LogP contribution < -0.4 is 49.4 Å². The Balaban J connectivity index is 0.000000170. The van der Waals surface area contributed by atoms with Crippen LogP contribution in [0.4, 0.5) is 34.1 Å². The summed E-state index contributed by atoms with van der Waals surface area (Å²) in [5.74, 6) is 4.31. The van der Waals surface area contributed by atoms with Crippen molar-refractivity contribution in [1.29, 1.82) is 0 Å². The number of fused-ring (bicyclic) bond motifs is 8. The van der Waals surface area contributed by atoms with Crippen LogP contribution in [0.5, 0.6) is 46.0 Å². The van der Waals surface area contributed by atoms with Gasteiger partial charge >= 0.3 is 0 Å². The largest absolute Gasteiger partial charge is 0.497 e. The molecule has 0 bridgehead atoms. The van der Waals surface area contributed by atoms with E-state index >= 15 is 0 Å². The molecule has 0 spiro atoms. The lowest BCUT2D eigenvalue weighted by atomic mass is 10.0. The highest BCUT2D eigenvalue weighted by Gasteiger charge is 2.38. The van der Waals surface area contributed by atoms with Crippen molar-refractivity contribution in [3.63, 3.8) is 0 Å². The summed E-state index contributed by atoms with van der Waals surface area (Å²) in [4.78, 5) is 80.5. The summed E-state index contributed by atoms with van der Waals surface area (Å²) in [6, 6.07) is 44.6. The molecule has 106 heavy (non-hydrogen) atoms. The van der Waals surface area contributed by atoms with Gasteiger partial charge in [0.2, 0.25) is 0 Å². The van der Waals surface area contributed by atoms with Gasteiger partial charge in [-0.25, -0.2) is 0 Å². The van der Waals surface area contributed by atoms with Crippen molar-refractivity contribution in [2.45, 2.75) is 76.5 Å². The Morgan fingerprint density at radius 3 is 0.887 bits per heavy atom. The molecular formula is C84H78N10O12. The Kier molecular flexibility index (Phi) is 19.2. The lowest BCUT2D eigenvalue weighted by molar-refractivity contribution is 0.0809. The molecule has 8 aromatic carbocycles. The Morgan fingerprint density at radius 1 is 0.340 bits per heavy atom. The van der Waals surface area contributed by atoms with E-state index in [1.54, 1.807) is 72.3 Å². The Morgan fingerprint density at radius 2 is 0.604 bits per heavy atom. The number of benzene rings is 8. The smallest absolute Gasteiger partial charge is 0.260 e. The van der Waals surface area contributed by atoms with Crippen LogP contribution in [0.25, 0.3) is 22.3 Å². The molecule has 4 amide bonds. The second-order valence-corrected chi connectivity index (χ2v) is 26.8. The normalized spacial score (nSPS) is 18.3. The first-order chi connectivity index (χ1) is 51.6. The van der Waals surface area contributed by atoms with Crippen molar-refractivity contribution in [3.05, 3.63) is 226 Å². The van der Waals surface area contributed by atoms with Crippen LogP contribution >= 0.6 is 0 Å². The molecule has 1 unspecified atom stereocenters. The number of hydrogen-bond acceptors (Lipinski definition) is 18. The van der Waals surface area contributed by atoms with Gasteiger partial charge in [0.15, 0.2) is 23.0 Å². The molecule has 0 aliphatic carbocycles. The number of methoxy groups -OCH3 is 4. The highest BCUT2D eigenvalue weighted by Crippen LogP contribution is 2.45. The van der Waals surface area contributed by atoms with E-state index in [9.17, 15) is 19.2 Å². The summed E-state index contributed by atoms with van der Waals surface area (Å²) in [5.41, 5.74) is 27.4. The first-order valence-electron chi connectivity index (χ1n) is 35.1. The molecule has 22 heteroatoms. The molecule has 0 saturated carbocycles. The number of nitrogens with two attached hydrogens (primary N) is 2. The third kappa shape index (κ3) is 13.9. The molecule has 16 rings (SSSR count). The van der Waals surface area contributed by atoms with Gasteiger partial charge in [0.25, 0.3) is 23.6 Å². The number of amides is 4. The Bertz CT molecular complexity index is 4760. The molecule has 4 atom stereocenters. The van der Waals surface area contributed by atoms with E-state index in [0.717, 1.165) is 67.2 Å². The zero-order valence-electron chi connectivity index (χ0n) is 59.5. The van der Waals surface area contributed by atoms with E-state index in [4.69, 9.17) is 69.3 Å². The average Bonchev–Trinajstić information content (AvgIpc) is 1.65. The minimum Gasteiger partial charge on any atom is -0.497 e. The predicted molar refractivity (Wildman–Crippen MR) is 410 cm³/mol. The standard InChI is InChI=1S/2C42H39N5O6/c2*1-25-15-34-36(44-21-31-17-29(24-46(31)41(34)48)27-7-11-33(50-2)12-8-27)19-38(25)52-13-4-14-53-40-20-37-35(18-39(40)51-3)42(49)47-23-28(16-32(47)22-45-37)26-5-9-30(43)10-6-26/h2*5-12,15,18-24,31-32H,4,13-14,16-17,43H2,1-3H3/t31?,32-;31-,32-/m10/s1. The van der Waals surface area contributed by atoms with Gasteiger partial charge in [-0.15, -0.1) is 0 Å². The molecular weight excluding hydrogens is 1340 g/mol. The summed E-state index contributed by atoms with van der Waals surface area (Å²) < 4.78 is 46.4. The van der Waals surface area contributed by atoms with Crippen LogP contribution in [0, 0.1) is 13.8 Å². The third-order valence-electron chi connectivity index (χ3n) is 20.0. The molecule has 8 aromatic rings. The van der Waals surface area contributed by atoms with E-state index < -0.39 is 0 Å². The number of aryl methyl sites for hydroxylation is 2. The number of carbonyl (C=O) groups is 4. The van der Waals surface area contributed by atoms with Gasteiger partial charge in [0, 0.05) is 124 Å². The fourth-order valence-corrected chi connectivity index (χ4v) is 14.2. The Hall–Kier alpha value is -12.7. The monoisotopic (exact) mass is 1420 g/mol. The summed E-state index contributed by atoms with van der Waals surface area (Å²) >= 11 is 0. The zero-order chi connectivity index (χ0) is 73.3. The number of nitrogen functional groups attached to an aromatic ring is 2. The number of rotatable bonds is 20. The van der Waals surface area contributed by atoms with Gasteiger partial charge in [-0.3, -0.25) is 39.1 Å². The maximum Gasteiger partial charge on any atom is 0.260 e. The molecule has 8 heterocycles. The number of aliphatic imine (C=N–C) groups is 4. The quantitative estimate of drug-likeness (QED) is 0.0531. The molecule has 8 aliphatic rings. The van der Waals surface area contributed by atoms with E-state index in [0.29, 0.717) is 156 Å². The lowest BCUT2D eigenvalue weighted by Gasteiger charge is -2.19. The molecule has 4 N–H and O–H groups in total. The van der Waals surface area contributed by atoms with Gasteiger partial charge in [0.1, 0.15) is 23.0 Å². The summed E-state index contributed by atoms with van der Waals surface area (Å²) in [6.45, 7) is 5.29. The van der Waals surface area contributed by atoms with Crippen LogP contribution in [0.15, 0.2) is 190 Å². The second kappa shape index (κ2) is 29.6. The Labute approximate surface area is 613 Å². The van der Waals surface area contributed by atoms with Crippen molar-refractivity contribution in [1.82, 2.24) is 19.6 Å². The van der Waals surface area contributed by atoms with Gasteiger partial charge in [0.05, 0.1) is 124 Å². The van der Waals surface area contributed by atoms with Crippen molar-refractivity contribution < 1.29 is 57.1 Å². The number of anilines is 2. The molecule has 536 valence electrons. The minimum absolute atomic E-state index is 0.0884. The van der Waals surface area contributed by atoms with Crippen LogP contribution in [-0.4, -0.2) is 147 Å². The SMILES string of the molecule is COc1ccc(C2=CN3C(=O)c4cc(C)c(OCCCOc5cc6c(cc5OC)C(=O)N5C=C(c7ccc(N)cc7)C[C@@H]5C=N6)cc4N=CC3C2)cc1.COc1ccc(C2=CN3C(=O)c4cc(C)c(OCCCOc5cc6c(cc5OC)C(=O)N5C=C(c7ccc(N)cc7)C[C@H]5C=N6)cc4N=C[C@@H]3C2)cc1. The zero-order valence-corrected chi connectivity index (χ0v) is 59.5. The van der Waals surface area contributed by atoms with Gasteiger partial charge in [-0.2, -0.15) is 0 Å². The van der Waals surface area contributed by atoms with Gasteiger partial charge < -0.3 is 69.0 Å². The number of hydrogen-bond donors (Lipinski definition) is 2. The molecule has 0 fully saturated rings. The van der Waals surface area contributed by atoms with Crippen molar-refractivity contribution in [3.8, 4) is 46.0 Å². The molecule has 0 aromatic heterocycles. The maximum atomic E-state index is 13.7. The first kappa shape index (κ1) is 69.0. The van der Waals surface area contributed by atoms with Crippen LogP contribution in [0.1, 0.15) is 113 Å². The number of nitrogens with zero attached hydrogens (tertiary/aromatic N) is 8. The highest BCUT2D eigenvalue weighted by molar-refractivity contribution is 6.09. The van der Waals surface area contributed by atoms with Crippen molar-refractivity contribution in [2.75, 3.05) is 66.3 Å². The fraction of sp³-hybridized carbons (Fsp3) is 0.238. The third-order valence-corrected chi connectivity index (χ3v) is 20.0. The molecule has 22 nitrogen and oxygen atoms in total. The topological polar surface area (TPSA) is 257 Å². The van der Waals surface area contributed by atoms with Crippen LogP contribution in [0.2, 0.25) is 0 Å². The highest BCUT2D eigenvalue weighted by atomic mass is 16.5. The van der Waals surface area contributed by atoms with Crippen LogP contribution in [0.3, 0.4) is 0 Å². The van der Waals surface area contributed by atoms with Crippen LogP contribution in [-0.2, 0) is 0 Å². The summed E-state index contributed by atoms with van der Waals surface area (Å²) in [6.07, 6.45) is 18.8. The van der Waals surface area contributed by atoms with E-state index in [1.807, 2.05) is 185 Å². The lowest BCUT2D eigenvalue weighted by Crippen LogP contribution is -2.32. The van der Waals surface area contributed by atoms with Gasteiger partial charge in [-0.05, 0) is 142 Å².